The lowest BCUT2D eigenvalue weighted by Crippen LogP contribution is -2.13. The van der Waals surface area contributed by atoms with E-state index >= 15 is 0 Å². The van der Waals surface area contributed by atoms with Gasteiger partial charge in [0.2, 0.25) is 0 Å². The van der Waals surface area contributed by atoms with E-state index in [0.29, 0.717) is 16.6 Å². The molecular weight excluding hydrogens is 286 g/mol. The number of hydrogen-bond acceptors (Lipinski definition) is 3. The lowest BCUT2D eigenvalue weighted by molar-refractivity contribution is 0.102. The molecule has 3 rings (SSSR count). The van der Waals surface area contributed by atoms with E-state index in [1.165, 1.54) is 11.8 Å². The predicted octanol–water partition coefficient (Wildman–Crippen LogP) is 3.06. The van der Waals surface area contributed by atoms with Crippen LogP contribution in [0.15, 0.2) is 42.6 Å². The molecule has 1 aromatic heterocycles. The molecule has 1 saturated heterocycles. The summed E-state index contributed by atoms with van der Waals surface area (Å²) in [5.74, 6) is 0.317. The first kappa shape index (κ1) is 14.0. The van der Waals surface area contributed by atoms with Gasteiger partial charge in [0.15, 0.2) is 0 Å². The van der Waals surface area contributed by atoms with Gasteiger partial charge in [-0.3, -0.25) is 9.78 Å². The fourth-order valence-electron chi connectivity index (χ4n) is 2.50. The van der Waals surface area contributed by atoms with Crippen molar-refractivity contribution in [3.63, 3.8) is 0 Å². The topological polar surface area (TPSA) is 54.0 Å². The molecular formula is C16H16ClN3O. The molecule has 1 fully saturated rings. The zero-order valence-electron chi connectivity index (χ0n) is 11.5. The van der Waals surface area contributed by atoms with Crippen LogP contribution in [0.1, 0.15) is 28.4 Å². The van der Waals surface area contributed by atoms with Crippen molar-refractivity contribution in [3.8, 4) is 0 Å². The Hall–Kier alpha value is -1.91. The average Bonchev–Trinajstić information content (AvgIpc) is 3.02. The number of hydrogen-bond donors (Lipinski definition) is 2. The first-order valence-corrected chi connectivity index (χ1v) is 7.34. The maximum atomic E-state index is 12.1. The maximum absolute atomic E-state index is 12.1. The summed E-state index contributed by atoms with van der Waals surface area (Å²) in [4.78, 5) is 16.1. The van der Waals surface area contributed by atoms with E-state index in [1.54, 1.807) is 12.1 Å². The molecule has 1 unspecified atom stereocenters. The highest BCUT2D eigenvalue weighted by atomic mass is 35.5. The Kier molecular flexibility index (Phi) is 4.18. The van der Waals surface area contributed by atoms with Crippen molar-refractivity contribution in [2.24, 2.45) is 0 Å². The van der Waals surface area contributed by atoms with Crippen LogP contribution in [-0.2, 0) is 0 Å². The van der Waals surface area contributed by atoms with Crippen molar-refractivity contribution in [1.29, 1.82) is 0 Å². The Balaban J connectivity index is 1.68. The standard InChI is InChI=1S/C16H16ClN3O/c17-13-6-8-19-15(9-13)16(21)20-14-3-1-11(2-4-14)12-5-7-18-10-12/h1-4,6,8-9,12,18H,5,7,10H2,(H,20,21). The summed E-state index contributed by atoms with van der Waals surface area (Å²) in [6.07, 6.45) is 2.69. The van der Waals surface area contributed by atoms with Crippen LogP contribution < -0.4 is 10.6 Å². The van der Waals surface area contributed by atoms with Crippen LogP contribution in [0, 0.1) is 0 Å². The Labute approximate surface area is 128 Å². The highest BCUT2D eigenvalue weighted by Gasteiger charge is 2.16. The van der Waals surface area contributed by atoms with Crippen molar-refractivity contribution in [3.05, 3.63) is 58.9 Å². The fourth-order valence-corrected chi connectivity index (χ4v) is 2.66. The first-order chi connectivity index (χ1) is 10.2. The molecule has 0 saturated carbocycles. The number of carbonyl (C=O) groups is 1. The molecule has 2 heterocycles. The third kappa shape index (κ3) is 3.40. The number of carbonyl (C=O) groups excluding carboxylic acids is 1. The number of rotatable bonds is 3. The zero-order valence-corrected chi connectivity index (χ0v) is 12.2. The van der Waals surface area contributed by atoms with Gasteiger partial charge in [-0.2, -0.15) is 0 Å². The smallest absolute Gasteiger partial charge is 0.274 e. The number of aromatic nitrogens is 1. The van der Waals surface area contributed by atoms with Gasteiger partial charge in [0.1, 0.15) is 5.69 Å². The quantitative estimate of drug-likeness (QED) is 0.916. The van der Waals surface area contributed by atoms with E-state index in [2.05, 4.69) is 27.8 Å². The third-order valence-corrected chi connectivity index (χ3v) is 3.89. The van der Waals surface area contributed by atoms with E-state index in [4.69, 9.17) is 11.6 Å². The number of pyridine rings is 1. The third-order valence-electron chi connectivity index (χ3n) is 3.65. The minimum atomic E-state index is -0.257. The van der Waals surface area contributed by atoms with E-state index < -0.39 is 0 Å². The van der Waals surface area contributed by atoms with Gasteiger partial charge in [-0.05, 0) is 48.7 Å². The van der Waals surface area contributed by atoms with Gasteiger partial charge in [-0.15, -0.1) is 0 Å². The Morgan fingerprint density at radius 1 is 1.29 bits per heavy atom. The summed E-state index contributed by atoms with van der Waals surface area (Å²) in [6, 6.07) is 11.2. The van der Waals surface area contributed by atoms with E-state index in [9.17, 15) is 4.79 Å². The average molecular weight is 302 g/mol. The number of halogens is 1. The van der Waals surface area contributed by atoms with Crippen molar-refractivity contribution in [2.75, 3.05) is 18.4 Å². The van der Waals surface area contributed by atoms with Gasteiger partial charge in [0.05, 0.1) is 0 Å². The number of amides is 1. The molecule has 2 aromatic rings. The van der Waals surface area contributed by atoms with Gasteiger partial charge in [0, 0.05) is 23.5 Å². The second kappa shape index (κ2) is 6.24. The molecule has 1 aliphatic rings. The Bertz CT molecular complexity index is 636. The molecule has 2 N–H and O–H groups in total. The lowest BCUT2D eigenvalue weighted by atomic mass is 9.98. The summed E-state index contributed by atoms with van der Waals surface area (Å²) in [6.45, 7) is 2.10. The van der Waals surface area contributed by atoms with Gasteiger partial charge < -0.3 is 10.6 Å². The second-order valence-corrected chi connectivity index (χ2v) is 5.56. The van der Waals surface area contributed by atoms with Crippen molar-refractivity contribution in [1.82, 2.24) is 10.3 Å². The van der Waals surface area contributed by atoms with E-state index in [1.807, 2.05) is 12.1 Å². The van der Waals surface area contributed by atoms with Crippen LogP contribution in [0.25, 0.3) is 0 Å². The molecule has 21 heavy (non-hydrogen) atoms. The van der Waals surface area contributed by atoms with Gasteiger partial charge in [0.25, 0.3) is 5.91 Å². The summed E-state index contributed by atoms with van der Waals surface area (Å²) < 4.78 is 0. The molecule has 1 atom stereocenters. The molecule has 0 bridgehead atoms. The molecule has 1 aromatic carbocycles. The molecule has 4 nitrogen and oxygen atoms in total. The zero-order chi connectivity index (χ0) is 14.7. The molecule has 0 radical (unpaired) electrons. The molecule has 0 spiro atoms. The molecule has 1 aliphatic heterocycles. The minimum absolute atomic E-state index is 0.257. The van der Waals surface area contributed by atoms with Crippen LogP contribution >= 0.6 is 11.6 Å². The summed E-state index contributed by atoms with van der Waals surface area (Å²) in [5, 5.41) is 6.68. The number of nitrogens with zero attached hydrogens (tertiary/aromatic N) is 1. The Morgan fingerprint density at radius 2 is 2.10 bits per heavy atom. The molecule has 1 amide bonds. The normalized spacial score (nSPS) is 17.7. The van der Waals surface area contributed by atoms with Crippen LogP contribution in [0.2, 0.25) is 5.02 Å². The minimum Gasteiger partial charge on any atom is -0.321 e. The van der Waals surface area contributed by atoms with Crippen molar-refractivity contribution in [2.45, 2.75) is 12.3 Å². The highest BCUT2D eigenvalue weighted by molar-refractivity contribution is 6.30. The summed E-state index contributed by atoms with van der Waals surface area (Å²) >= 11 is 5.86. The number of anilines is 1. The SMILES string of the molecule is O=C(Nc1ccc(C2CCNC2)cc1)c1cc(Cl)ccn1. The maximum Gasteiger partial charge on any atom is 0.274 e. The lowest BCUT2D eigenvalue weighted by Gasteiger charge is -2.10. The fraction of sp³-hybridized carbons (Fsp3) is 0.250. The first-order valence-electron chi connectivity index (χ1n) is 6.96. The van der Waals surface area contributed by atoms with Crippen LogP contribution in [-0.4, -0.2) is 24.0 Å². The number of nitrogens with one attached hydrogen (secondary N) is 2. The predicted molar refractivity (Wildman–Crippen MR) is 83.9 cm³/mol. The van der Waals surface area contributed by atoms with Crippen LogP contribution in [0.4, 0.5) is 5.69 Å². The van der Waals surface area contributed by atoms with E-state index in [0.717, 1.165) is 25.2 Å². The Morgan fingerprint density at radius 3 is 2.76 bits per heavy atom. The second-order valence-electron chi connectivity index (χ2n) is 5.13. The highest BCUT2D eigenvalue weighted by Crippen LogP contribution is 2.23. The van der Waals surface area contributed by atoms with E-state index in [-0.39, 0.29) is 5.91 Å². The molecule has 0 aliphatic carbocycles. The van der Waals surface area contributed by atoms with Gasteiger partial charge >= 0.3 is 0 Å². The van der Waals surface area contributed by atoms with Gasteiger partial charge in [-0.25, -0.2) is 0 Å². The number of benzene rings is 1. The largest absolute Gasteiger partial charge is 0.321 e. The summed E-state index contributed by atoms with van der Waals surface area (Å²) in [7, 11) is 0. The molecule has 108 valence electrons. The van der Waals surface area contributed by atoms with Crippen LogP contribution in [0.3, 0.4) is 0 Å². The van der Waals surface area contributed by atoms with Crippen molar-refractivity contribution < 1.29 is 4.79 Å². The summed E-state index contributed by atoms with van der Waals surface area (Å²) in [5.41, 5.74) is 2.38. The van der Waals surface area contributed by atoms with Crippen LogP contribution in [0.5, 0.6) is 0 Å². The monoisotopic (exact) mass is 301 g/mol. The van der Waals surface area contributed by atoms with Gasteiger partial charge in [-0.1, -0.05) is 23.7 Å². The van der Waals surface area contributed by atoms with Crippen molar-refractivity contribution >= 4 is 23.2 Å². The molecule has 5 heteroatoms.